The maximum Gasteiger partial charge on any atom is 0.492 e. The number of nitrogens with one attached hydrogen (secondary N) is 1. The van der Waals surface area contributed by atoms with Crippen molar-refractivity contribution in [3.63, 3.8) is 0 Å². The molecule has 0 aromatic heterocycles. The SMILES string of the molecule is CC(C)(C)OC(=O)NCC(=Cc1ccc(F)cc1CN)B1OC(C)(C)C(C)(C)O1. The molecule has 1 fully saturated rings. The van der Waals surface area contributed by atoms with Gasteiger partial charge in [0.1, 0.15) is 11.4 Å². The minimum atomic E-state index is -0.675. The fourth-order valence-corrected chi connectivity index (χ4v) is 2.78. The van der Waals surface area contributed by atoms with Gasteiger partial charge in [-0.15, -0.1) is 0 Å². The van der Waals surface area contributed by atoms with E-state index in [1.54, 1.807) is 26.8 Å². The zero-order valence-electron chi connectivity index (χ0n) is 18.4. The van der Waals surface area contributed by atoms with Crippen LogP contribution in [0.15, 0.2) is 23.7 Å². The Bertz CT molecular complexity index is 771. The van der Waals surface area contributed by atoms with Crippen LogP contribution >= 0.6 is 0 Å². The summed E-state index contributed by atoms with van der Waals surface area (Å²) in [4.78, 5) is 12.1. The Morgan fingerprint density at radius 1 is 1.24 bits per heavy atom. The Balaban J connectivity index is 2.33. The quantitative estimate of drug-likeness (QED) is 0.727. The van der Waals surface area contributed by atoms with Crippen LogP contribution in [0.5, 0.6) is 0 Å². The minimum absolute atomic E-state index is 0.146. The summed E-state index contributed by atoms with van der Waals surface area (Å²) >= 11 is 0. The van der Waals surface area contributed by atoms with Gasteiger partial charge in [-0.05, 0) is 77.2 Å². The minimum Gasteiger partial charge on any atom is -0.444 e. The van der Waals surface area contributed by atoms with Crippen LogP contribution in [0.1, 0.15) is 59.6 Å². The van der Waals surface area contributed by atoms with Gasteiger partial charge in [0.2, 0.25) is 0 Å². The number of halogens is 1. The molecule has 1 aliphatic heterocycles. The second-order valence-corrected chi connectivity index (χ2v) is 9.21. The van der Waals surface area contributed by atoms with E-state index >= 15 is 0 Å². The molecule has 29 heavy (non-hydrogen) atoms. The molecule has 1 aromatic carbocycles. The molecule has 0 unspecified atom stereocenters. The maximum atomic E-state index is 13.6. The monoisotopic (exact) mass is 406 g/mol. The third-order valence-corrected chi connectivity index (χ3v) is 5.06. The second kappa shape index (κ2) is 8.46. The summed E-state index contributed by atoms with van der Waals surface area (Å²) in [5, 5.41) is 2.75. The number of amides is 1. The molecule has 0 spiro atoms. The molecule has 1 amide bonds. The number of hydrogen-bond acceptors (Lipinski definition) is 5. The van der Waals surface area contributed by atoms with Crippen molar-refractivity contribution in [2.45, 2.75) is 71.8 Å². The molecule has 0 aliphatic carbocycles. The highest BCUT2D eigenvalue weighted by Crippen LogP contribution is 2.38. The van der Waals surface area contributed by atoms with Crippen LogP contribution in [0.3, 0.4) is 0 Å². The fraction of sp³-hybridized carbons (Fsp3) is 0.571. The number of rotatable bonds is 5. The van der Waals surface area contributed by atoms with Gasteiger partial charge in [0.25, 0.3) is 0 Å². The maximum absolute atomic E-state index is 13.6. The van der Waals surface area contributed by atoms with E-state index in [0.717, 1.165) is 5.56 Å². The van der Waals surface area contributed by atoms with Crippen molar-refractivity contribution < 1.29 is 23.2 Å². The van der Waals surface area contributed by atoms with E-state index in [2.05, 4.69) is 5.32 Å². The number of benzene rings is 1. The topological polar surface area (TPSA) is 82.8 Å². The fourth-order valence-electron chi connectivity index (χ4n) is 2.78. The van der Waals surface area contributed by atoms with E-state index in [1.807, 2.05) is 33.8 Å². The van der Waals surface area contributed by atoms with Crippen LogP contribution in [0.4, 0.5) is 9.18 Å². The first-order valence-corrected chi connectivity index (χ1v) is 9.75. The lowest BCUT2D eigenvalue weighted by atomic mass is 9.76. The van der Waals surface area contributed by atoms with Gasteiger partial charge in [-0.3, -0.25) is 0 Å². The first-order valence-electron chi connectivity index (χ1n) is 9.75. The van der Waals surface area contributed by atoms with Gasteiger partial charge in [0.15, 0.2) is 0 Å². The summed E-state index contributed by atoms with van der Waals surface area (Å²) in [5.74, 6) is -0.355. The third kappa shape index (κ3) is 6.04. The van der Waals surface area contributed by atoms with E-state index in [4.69, 9.17) is 19.8 Å². The Morgan fingerprint density at radius 2 is 1.83 bits per heavy atom. The van der Waals surface area contributed by atoms with Crippen molar-refractivity contribution >= 4 is 19.3 Å². The Morgan fingerprint density at radius 3 is 2.34 bits per heavy atom. The van der Waals surface area contributed by atoms with Gasteiger partial charge in [-0.25, -0.2) is 9.18 Å². The number of hydrogen-bond donors (Lipinski definition) is 2. The van der Waals surface area contributed by atoms with Gasteiger partial charge in [0.05, 0.1) is 11.2 Å². The zero-order valence-corrected chi connectivity index (χ0v) is 18.4. The zero-order chi connectivity index (χ0) is 22.0. The molecule has 1 heterocycles. The molecule has 160 valence electrons. The summed E-state index contributed by atoms with van der Waals surface area (Å²) in [5.41, 5.74) is 6.16. The highest BCUT2D eigenvalue weighted by atomic mass is 19.1. The summed E-state index contributed by atoms with van der Waals surface area (Å²) in [6.45, 7) is 13.5. The summed E-state index contributed by atoms with van der Waals surface area (Å²) < 4.78 is 31.2. The van der Waals surface area contributed by atoms with Crippen LogP contribution in [0.25, 0.3) is 6.08 Å². The molecule has 0 saturated carbocycles. The van der Waals surface area contributed by atoms with Gasteiger partial charge in [0, 0.05) is 13.1 Å². The number of nitrogens with two attached hydrogens (primary N) is 1. The van der Waals surface area contributed by atoms with Crippen LogP contribution in [-0.4, -0.2) is 36.6 Å². The Labute approximate surface area is 173 Å². The third-order valence-electron chi connectivity index (χ3n) is 5.06. The Hall–Kier alpha value is -1.90. The van der Waals surface area contributed by atoms with E-state index in [-0.39, 0.29) is 18.9 Å². The summed E-state index contributed by atoms with van der Waals surface area (Å²) in [6, 6.07) is 4.42. The molecule has 1 aliphatic rings. The standard InChI is InChI=1S/C21H32BFN2O4/c1-19(2,3)27-18(26)25-13-16(22-28-20(4,5)21(6,7)29-22)10-14-8-9-17(23)11-15(14)12-24/h8-11H,12-13,24H2,1-7H3,(H,25,26). The van der Waals surface area contributed by atoms with Crippen molar-refractivity contribution in [3.8, 4) is 0 Å². The smallest absolute Gasteiger partial charge is 0.444 e. The predicted molar refractivity (Wildman–Crippen MR) is 113 cm³/mol. The molecule has 2 rings (SSSR count). The van der Waals surface area contributed by atoms with E-state index in [0.29, 0.717) is 11.0 Å². The van der Waals surface area contributed by atoms with Gasteiger partial charge in [-0.2, -0.15) is 0 Å². The molecule has 6 nitrogen and oxygen atoms in total. The molecule has 1 aromatic rings. The van der Waals surface area contributed by atoms with Gasteiger partial charge >= 0.3 is 13.2 Å². The van der Waals surface area contributed by atoms with Crippen molar-refractivity contribution in [2.75, 3.05) is 6.54 Å². The number of carbonyl (C=O) groups excluding carboxylic acids is 1. The average Bonchev–Trinajstić information content (AvgIpc) is 2.78. The molecular weight excluding hydrogens is 374 g/mol. The van der Waals surface area contributed by atoms with E-state index in [1.165, 1.54) is 12.1 Å². The van der Waals surface area contributed by atoms with Crippen LogP contribution in [-0.2, 0) is 20.6 Å². The average molecular weight is 406 g/mol. The normalized spacial score (nSPS) is 18.7. The lowest BCUT2D eigenvalue weighted by Crippen LogP contribution is -2.41. The van der Waals surface area contributed by atoms with Crippen LogP contribution < -0.4 is 11.1 Å². The number of alkyl carbamates (subject to hydrolysis) is 1. The molecule has 0 radical (unpaired) electrons. The van der Waals surface area contributed by atoms with Gasteiger partial charge in [-0.1, -0.05) is 12.1 Å². The lowest BCUT2D eigenvalue weighted by Gasteiger charge is -2.32. The first kappa shape index (κ1) is 23.4. The van der Waals surface area contributed by atoms with Crippen molar-refractivity contribution in [2.24, 2.45) is 5.73 Å². The summed E-state index contributed by atoms with van der Waals surface area (Å²) in [6.07, 6.45) is 1.28. The van der Waals surface area contributed by atoms with Gasteiger partial charge < -0.3 is 25.1 Å². The van der Waals surface area contributed by atoms with Crippen LogP contribution in [0, 0.1) is 5.82 Å². The molecule has 8 heteroatoms. The predicted octanol–water partition coefficient (Wildman–Crippen LogP) is 3.82. The highest BCUT2D eigenvalue weighted by Gasteiger charge is 2.52. The van der Waals surface area contributed by atoms with Crippen molar-refractivity contribution in [1.29, 1.82) is 0 Å². The number of carbonyl (C=O) groups is 1. The van der Waals surface area contributed by atoms with E-state index < -0.39 is 30.0 Å². The largest absolute Gasteiger partial charge is 0.492 e. The molecule has 1 saturated heterocycles. The molecule has 3 N–H and O–H groups in total. The first-order chi connectivity index (χ1) is 13.2. The highest BCUT2D eigenvalue weighted by molar-refractivity contribution is 6.56. The molecular formula is C21H32BFN2O4. The molecule has 0 bridgehead atoms. The van der Waals surface area contributed by atoms with Crippen molar-refractivity contribution in [1.82, 2.24) is 5.32 Å². The Kier molecular flexibility index (Phi) is 6.82. The van der Waals surface area contributed by atoms with Crippen molar-refractivity contribution in [3.05, 3.63) is 40.6 Å². The van der Waals surface area contributed by atoms with E-state index in [9.17, 15) is 9.18 Å². The van der Waals surface area contributed by atoms with Crippen LogP contribution in [0.2, 0.25) is 0 Å². The lowest BCUT2D eigenvalue weighted by molar-refractivity contribution is 0.00578. The summed E-state index contributed by atoms with van der Waals surface area (Å²) in [7, 11) is -0.675. The number of ether oxygens (including phenoxy) is 1. The molecule has 0 atom stereocenters. The second-order valence-electron chi connectivity index (χ2n) is 9.21.